The second-order valence-electron chi connectivity index (χ2n) is 6.09. The zero-order valence-corrected chi connectivity index (χ0v) is 11.6. The van der Waals surface area contributed by atoms with Gasteiger partial charge in [-0.1, -0.05) is 19.8 Å². The Morgan fingerprint density at radius 2 is 2.11 bits per heavy atom. The van der Waals surface area contributed by atoms with E-state index >= 15 is 0 Å². The van der Waals surface area contributed by atoms with Gasteiger partial charge in [-0.05, 0) is 24.7 Å². The molecule has 1 aliphatic heterocycles. The van der Waals surface area contributed by atoms with Gasteiger partial charge in [-0.25, -0.2) is 0 Å². The van der Waals surface area contributed by atoms with Crippen LogP contribution in [-0.4, -0.2) is 32.1 Å². The van der Waals surface area contributed by atoms with Crippen molar-refractivity contribution in [2.24, 2.45) is 11.8 Å². The van der Waals surface area contributed by atoms with Crippen LogP contribution in [0.4, 0.5) is 0 Å². The largest absolute Gasteiger partial charge is 0.333 e. The summed E-state index contributed by atoms with van der Waals surface area (Å²) in [4.78, 5) is 14.3. The Morgan fingerprint density at radius 3 is 2.89 bits per heavy atom. The van der Waals surface area contributed by atoms with Gasteiger partial charge in [-0.3, -0.25) is 4.79 Å². The van der Waals surface area contributed by atoms with E-state index in [0.717, 1.165) is 31.3 Å². The van der Waals surface area contributed by atoms with Crippen LogP contribution in [0.25, 0.3) is 0 Å². The summed E-state index contributed by atoms with van der Waals surface area (Å²) < 4.78 is 2.03. The van der Waals surface area contributed by atoms with Crippen LogP contribution in [0.3, 0.4) is 0 Å². The van der Waals surface area contributed by atoms with E-state index in [-0.39, 0.29) is 0 Å². The molecule has 0 bridgehead atoms. The zero-order chi connectivity index (χ0) is 13.2. The molecule has 3 rings (SSSR count). The fourth-order valence-electron chi connectivity index (χ4n) is 3.19. The summed E-state index contributed by atoms with van der Waals surface area (Å²) in [5.74, 6) is 2.66. The quantitative estimate of drug-likeness (QED) is 0.817. The van der Waals surface area contributed by atoms with Crippen LogP contribution in [0.2, 0.25) is 0 Å². The number of hydrogen-bond donors (Lipinski definition) is 0. The van der Waals surface area contributed by atoms with Crippen LogP contribution >= 0.6 is 0 Å². The maximum absolute atomic E-state index is 12.3. The van der Waals surface area contributed by atoms with Crippen LogP contribution in [0.5, 0.6) is 0 Å². The van der Waals surface area contributed by atoms with E-state index in [9.17, 15) is 4.79 Å². The summed E-state index contributed by atoms with van der Waals surface area (Å²) in [5.41, 5.74) is 0. The lowest BCUT2D eigenvalue weighted by atomic mass is 9.81. The molecule has 2 heterocycles. The number of nitrogens with zero attached hydrogens (tertiary/aromatic N) is 4. The number of amides is 1. The zero-order valence-electron chi connectivity index (χ0n) is 11.6. The molecule has 1 amide bonds. The number of carbonyl (C=O) groups is 1. The van der Waals surface area contributed by atoms with Crippen LogP contribution < -0.4 is 0 Å². The van der Waals surface area contributed by atoms with Crippen molar-refractivity contribution < 1.29 is 4.79 Å². The molecule has 1 aliphatic carbocycles. The SMILES string of the molecule is CC1CCC(CC(=O)N2CCn3cnnc3C2)CC1. The van der Waals surface area contributed by atoms with Gasteiger partial charge < -0.3 is 9.47 Å². The van der Waals surface area contributed by atoms with E-state index < -0.39 is 0 Å². The third-order valence-corrected chi connectivity index (χ3v) is 4.59. The van der Waals surface area contributed by atoms with E-state index in [1.54, 1.807) is 6.33 Å². The number of carbonyl (C=O) groups excluding carboxylic acids is 1. The molecule has 0 saturated heterocycles. The fraction of sp³-hybridized carbons (Fsp3) is 0.786. The van der Waals surface area contributed by atoms with Crippen LogP contribution in [-0.2, 0) is 17.9 Å². The molecule has 1 aromatic heterocycles. The van der Waals surface area contributed by atoms with Crippen LogP contribution in [0, 0.1) is 11.8 Å². The minimum atomic E-state index is 0.300. The van der Waals surface area contributed by atoms with Crippen molar-refractivity contribution >= 4 is 5.91 Å². The molecule has 0 aromatic carbocycles. The smallest absolute Gasteiger partial charge is 0.223 e. The third-order valence-electron chi connectivity index (χ3n) is 4.59. The van der Waals surface area contributed by atoms with Gasteiger partial charge in [-0.2, -0.15) is 0 Å². The molecule has 2 aliphatic rings. The van der Waals surface area contributed by atoms with Crippen molar-refractivity contribution in [2.75, 3.05) is 6.54 Å². The highest BCUT2D eigenvalue weighted by Crippen LogP contribution is 2.31. The molecular weight excluding hydrogens is 240 g/mol. The van der Waals surface area contributed by atoms with Crippen molar-refractivity contribution in [3.05, 3.63) is 12.2 Å². The highest BCUT2D eigenvalue weighted by Gasteiger charge is 2.26. The second kappa shape index (κ2) is 5.31. The lowest BCUT2D eigenvalue weighted by Crippen LogP contribution is -2.39. The average Bonchev–Trinajstić information content (AvgIpc) is 2.88. The van der Waals surface area contributed by atoms with Gasteiger partial charge in [0.15, 0.2) is 5.82 Å². The van der Waals surface area contributed by atoms with E-state index in [1.165, 1.54) is 25.7 Å². The van der Waals surface area contributed by atoms with Crippen LogP contribution in [0.1, 0.15) is 44.9 Å². The summed E-state index contributed by atoms with van der Waals surface area (Å²) in [6.45, 7) is 4.57. The van der Waals surface area contributed by atoms with Gasteiger partial charge in [0.05, 0.1) is 6.54 Å². The van der Waals surface area contributed by atoms with Gasteiger partial charge in [0, 0.05) is 19.5 Å². The Bertz CT molecular complexity index is 448. The molecule has 5 nitrogen and oxygen atoms in total. The Hall–Kier alpha value is -1.39. The maximum Gasteiger partial charge on any atom is 0.223 e. The van der Waals surface area contributed by atoms with Gasteiger partial charge >= 0.3 is 0 Å². The Labute approximate surface area is 114 Å². The van der Waals surface area contributed by atoms with Crippen molar-refractivity contribution in [2.45, 2.75) is 52.1 Å². The first-order valence-corrected chi connectivity index (χ1v) is 7.37. The molecule has 1 saturated carbocycles. The van der Waals surface area contributed by atoms with E-state index in [1.807, 2.05) is 9.47 Å². The average molecular weight is 262 g/mol. The summed E-state index contributed by atoms with van der Waals surface area (Å²) in [5, 5.41) is 7.96. The summed E-state index contributed by atoms with van der Waals surface area (Å²) >= 11 is 0. The lowest BCUT2D eigenvalue weighted by Gasteiger charge is -2.30. The lowest BCUT2D eigenvalue weighted by molar-refractivity contribution is -0.134. The van der Waals surface area contributed by atoms with Gasteiger partial charge in [0.2, 0.25) is 5.91 Å². The highest BCUT2D eigenvalue weighted by molar-refractivity contribution is 5.76. The van der Waals surface area contributed by atoms with Crippen molar-refractivity contribution in [1.29, 1.82) is 0 Å². The Balaban J connectivity index is 1.54. The molecule has 1 fully saturated rings. The van der Waals surface area contributed by atoms with E-state index in [4.69, 9.17) is 0 Å². The standard InChI is InChI=1S/C14H22N4O/c1-11-2-4-12(5-3-11)8-14(19)17-6-7-18-10-15-16-13(18)9-17/h10-12H,2-9H2,1H3. The highest BCUT2D eigenvalue weighted by atomic mass is 16.2. The van der Waals surface area contributed by atoms with Crippen molar-refractivity contribution in [3.8, 4) is 0 Å². The predicted molar refractivity (Wildman–Crippen MR) is 71.2 cm³/mol. The fourth-order valence-corrected chi connectivity index (χ4v) is 3.19. The minimum Gasteiger partial charge on any atom is -0.333 e. The number of fused-ring (bicyclic) bond motifs is 1. The second-order valence-corrected chi connectivity index (χ2v) is 6.09. The molecular formula is C14H22N4O. The molecule has 5 heteroatoms. The predicted octanol–water partition coefficient (Wildman–Crippen LogP) is 1.84. The summed E-state index contributed by atoms with van der Waals surface area (Å²) in [6.07, 6.45) is 7.48. The topological polar surface area (TPSA) is 51.0 Å². The summed E-state index contributed by atoms with van der Waals surface area (Å²) in [7, 11) is 0. The third kappa shape index (κ3) is 2.80. The molecule has 1 aromatic rings. The Kier molecular flexibility index (Phi) is 3.53. The minimum absolute atomic E-state index is 0.300. The van der Waals surface area contributed by atoms with E-state index in [2.05, 4.69) is 17.1 Å². The van der Waals surface area contributed by atoms with Crippen molar-refractivity contribution in [3.63, 3.8) is 0 Å². The monoisotopic (exact) mass is 262 g/mol. The number of hydrogen-bond acceptors (Lipinski definition) is 3. The number of aromatic nitrogens is 3. The van der Waals surface area contributed by atoms with Crippen LogP contribution in [0.15, 0.2) is 6.33 Å². The first-order valence-electron chi connectivity index (χ1n) is 7.37. The molecule has 0 N–H and O–H groups in total. The van der Waals surface area contributed by atoms with Gasteiger partial charge in [-0.15, -0.1) is 10.2 Å². The van der Waals surface area contributed by atoms with E-state index in [0.29, 0.717) is 18.4 Å². The van der Waals surface area contributed by atoms with Crippen molar-refractivity contribution in [1.82, 2.24) is 19.7 Å². The Morgan fingerprint density at radius 1 is 1.32 bits per heavy atom. The molecule has 0 radical (unpaired) electrons. The van der Waals surface area contributed by atoms with Gasteiger partial charge in [0.1, 0.15) is 6.33 Å². The molecule has 104 valence electrons. The first kappa shape index (κ1) is 12.6. The number of rotatable bonds is 2. The molecule has 19 heavy (non-hydrogen) atoms. The molecule has 0 unspecified atom stereocenters. The summed E-state index contributed by atoms with van der Waals surface area (Å²) in [6, 6.07) is 0. The first-order chi connectivity index (χ1) is 9.22. The maximum atomic E-state index is 12.3. The molecule has 0 atom stereocenters. The van der Waals surface area contributed by atoms with Gasteiger partial charge in [0.25, 0.3) is 0 Å². The normalized spacial score (nSPS) is 27.1. The molecule has 0 spiro atoms.